The van der Waals surface area contributed by atoms with E-state index in [4.69, 9.17) is 11.6 Å². The number of hydrogen-bond donors (Lipinski definition) is 1. The van der Waals surface area contributed by atoms with Gasteiger partial charge in [0.2, 0.25) is 5.91 Å². The van der Waals surface area contributed by atoms with Gasteiger partial charge in [-0.3, -0.25) is 9.36 Å². The highest BCUT2D eigenvalue weighted by atomic mass is 35.5. The number of nitrogens with zero attached hydrogens (tertiary/aromatic N) is 3. The summed E-state index contributed by atoms with van der Waals surface area (Å²) in [5.41, 5.74) is 4.12. The Morgan fingerprint density at radius 2 is 2.08 bits per heavy atom. The maximum Gasteiger partial charge on any atom is 0.225 e. The standard InChI is InChI=1S/C19H19ClN4OS/c1-13-6-7-17(14(2)10-13)24-12-21-23-19(24)26-9-8-18(25)22-16-5-3-4-15(20)11-16/h3-7,10-12H,8-9H2,1-2H3,(H,22,25). The van der Waals surface area contributed by atoms with Gasteiger partial charge in [-0.05, 0) is 43.7 Å². The van der Waals surface area contributed by atoms with Crippen molar-refractivity contribution in [1.82, 2.24) is 14.8 Å². The number of halogens is 1. The number of anilines is 1. The molecule has 0 spiro atoms. The van der Waals surface area contributed by atoms with Gasteiger partial charge >= 0.3 is 0 Å². The molecule has 0 atom stereocenters. The number of aryl methyl sites for hydroxylation is 2. The van der Waals surface area contributed by atoms with Crippen molar-refractivity contribution in [3.05, 3.63) is 64.9 Å². The summed E-state index contributed by atoms with van der Waals surface area (Å²) < 4.78 is 1.95. The molecule has 0 radical (unpaired) electrons. The molecular weight excluding hydrogens is 368 g/mol. The Morgan fingerprint density at radius 3 is 2.85 bits per heavy atom. The number of rotatable bonds is 6. The average Bonchev–Trinajstić information content (AvgIpc) is 3.03. The van der Waals surface area contributed by atoms with Crippen molar-refractivity contribution in [3.63, 3.8) is 0 Å². The maximum atomic E-state index is 12.1. The summed E-state index contributed by atoms with van der Waals surface area (Å²) >= 11 is 7.43. The number of aromatic nitrogens is 3. The summed E-state index contributed by atoms with van der Waals surface area (Å²) in [7, 11) is 0. The molecule has 5 nitrogen and oxygen atoms in total. The molecule has 0 fully saturated rings. The van der Waals surface area contributed by atoms with Crippen LogP contribution >= 0.6 is 23.4 Å². The molecule has 0 aliphatic carbocycles. The van der Waals surface area contributed by atoms with Crippen molar-refractivity contribution >= 4 is 35.0 Å². The van der Waals surface area contributed by atoms with Crippen LogP contribution in [0.3, 0.4) is 0 Å². The Bertz CT molecular complexity index is 925. The third-order valence-corrected chi connectivity index (χ3v) is 4.98. The number of benzene rings is 2. The number of amides is 1. The van der Waals surface area contributed by atoms with Crippen molar-refractivity contribution in [2.45, 2.75) is 25.4 Å². The molecule has 1 N–H and O–H groups in total. The molecule has 3 aromatic rings. The van der Waals surface area contributed by atoms with Crippen LogP contribution < -0.4 is 5.32 Å². The monoisotopic (exact) mass is 386 g/mol. The summed E-state index contributed by atoms with van der Waals surface area (Å²) in [5, 5.41) is 12.4. The van der Waals surface area contributed by atoms with E-state index in [1.54, 1.807) is 24.5 Å². The molecule has 1 heterocycles. The van der Waals surface area contributed by atoms with E-state index >= 15 is 0 Å². The largest absolute Gasteiger partial charge is 0.326 e. The highest BCUT2D eigenvalue weighted by molar-refractivity contribution is 7.99. The number of carbonyl (C=O) groups is 1. The molecule has 7 heteroatoms. The Hall–Kier alpha value is -2.31. The van der Waals surface area contributed by atoms with Crippen LogP contribution in [0.4, 0.5) is 5.69 Å². The predicted molar refractivity (Wildman–Crippen MR) is 106 cm³/mol. The summed E-state index contributed by atoms with van der Waals surface area (Å²) in [6.45, 7) is 4.13. The summed E-state index contributed by atoms with van der Waals surface area (Å²) in [6.07, 6.45) is 2.07. The topological polar surface area (TPSA) is 59.8 Å². The van der Waals surface area contributed by atoms with E-state index < -0.39 is 0 Å². The summed E-state index contributed by atoms with van der Waals surface area (Å²) in [6, 6.07) is 13.4. The lowest BCUT2D eigenvalue weighted by atomic mass is 10.1. The van der Waals surface area contributed by atoms with Crippen molar-refractivity contribution in [3.8, 4) is 5.69 Å². The molecule has 1 amide bonds. The van der Waals surface area contributed by atoms with E-state index in [0.29, 0.717) is 22.9 Å². The van der Waals surface area contributed by atoms with E-state index in [2.05, 4.69) is 47.6 Å². The van der Waals surface area contributed by atoms with Gasteiger partial charge in [-0.2, -0.15) is 0 Å². The Morgan fingerprint density at radius 1 is 1.23 bits per heavy atom. The Kier molecular flexibility index (Phi) is 5.96. The Labute approximate surface area is 161 Å². The highest BCUT2D eigenvalue weighted by Crippen LogP contribution is 2.23. The molecular formula is C19H19ClN4OS. The van der Waals surface area contributed by atoms with Gasteiger partial charge < -0.3 is 5.32 Å². The number of carbonyl (C=O) groups excluding carboxylic acids is 1. The van der Waals surface area contributed by atoms with Crippen molar-refractivity contribution < 1.29 is 4.79 Å². The zero-order chi connectivity index (χ0) is 18.5. The van der Waals surface area contributed by atoms with E-state index in [1.807, 2.05) is 10.6 Å². The third-order valence-electron chi connectivity index (χ3n) is 3.80. The van der Waals surface area contributed by atoms with Crippen molar-refractivity contribution in [2.75, 3.05) is 11.1 Å². The van der Waals surface area contributed by atoms with Gasteiger partial charge in [0.1, 0.15) is 6.33 Å². The molecule has 0 saturated carbocycles. The van der Waals surface area contributed by atoms with Crippen LogP contribution in [-0.2, 0) is 4.79 Å². The number of thioether (sulfide) groups is 1. The van der Waals surface area contributed by atoms with E-state index in [9.17, 15) is 4.79 Å². The number of nitrogens with one attached hydrogen (secondary N) is 1. The maximum absolute atomic E-state index is 12.1. The van der Waals surface area contributed by atoms with Crippen molar-refractivity contribution in [2.24, 2.45) is 0 Å². The van der Waals surface area contributed by atoms with E-state index in [-0.39, 0.29) is 5.91 Å². The Balaban J connectivity index is 1.59. The third kappa shape index (κ3) is 4.65. The van der Waals surface area contributed by atoms with Crippen LogP contribution in [0.25, 0.3) is 5.69 Å². The van der Waals surface area contributed by atoms with Gasteiger partial charge in [0.15, 0.2) is 5.16 Å². The lowest BCUT2D eigenvalue weighted by Crippen LogP contribution is -2.12. The van der Waals surface area contributed by atoms with Gasteiger partial charge in [0.25, 0.3) is 0 Å². The van der Waals surface area contributed by atoms with Crippen LogP contribution in [0.5, 0.6) is 0 Å². The minimum Gasteiger partial charge on any atom is -0.326 e. The second kappa shape index (κ2) is 8.38. The zero-order valence-electron chi connectivity index (χ0n) is 14.6. The van der Waals surface area contributed by atoms with Crippen molar-refractivity contribution in [1.29, 1.82) is 0 Å². The fraction of sp³-hybridized carbons (Fsp3) is 0.211. The minimum atomic E-state index is -0.0580. The predicted octanol–water partition coefficient (Wildman–Crippen LogP) is 4.66. The second-order valence-electron chi connectivity index (χ2n) is 5.93. The lowest BCUT2D eigenvalue weighted by molar-refractivity contribution is -0.115. The molecule has 0 unspecified atom stereocenters. The summed E-state index contributed by atoms with van der Waals surface area (Å²) in [5.74, 6) is 0.549. The fourth-order valence-electron chi connectivity index (χ4n) is 2.59. The van der Waals surface area contributed by atoms with E-state index in [0.717, 1.165) is 16.4 Å². The highest BCUT2D eigenvalue weighted by Gasteiger charge is 2.11. The first-order chi connectivity index (χ1) is 12.5. The van der Waals surface area contributed by atoms with Gasteiger partial charge in [-0.1, -0.05) is 47.1 Å². The number of hydrogen-bond acceptors (Lipinski definition) is 4. The molecule has 0 bridgehead atoms. The fourth-order valence-corrected chi connectivity index (χ4v) is 3.64. The first-order valence-electron chi connectivity index (χ1n) is 8.19. The second-order valence-corrected chi connectivity index (χ2v) is 7.43. The smallest absolute Gasteiger partial charge is 0.225 e. The van der Waals surface area contributed by atoms with Crippen LogP contribution in [0, 0.1) is 13.8 Å². The average molecular weight is 387 g/mol. The van der Waals surface area contributed by atoms with Gasteiger partial charge in [0.05, 0.1) is 5.69 Å². The molecule has 134 valence electrons. The van der Waals surface area contributed by atoms with Gasteiger partial charge in [-0.15, -0.1) is 10.2 Å². The first kappa shape index (κ1) is 18.5. The van der Waals surface area contributed by atoms with Crippen LogP contribution in [-0.4, -0.2) is 26.4 Å². The molecule has 2 aromatic carbocycles. The normalized spacial score (nSPS) is 10.7. The molecule has 3 rings (SSSR count). The first-order valence-corrected chi connectivity index (χ1v) is 9.55. The van der Waals surface area contributed by atoms with Gasteiger partial charge in [0, 0.05) is 22.9 Å². The SMILES string of the molecule is Cc1ccc(-n2cnnc2SCCC(=O)Nc2cccc(Cl)c2)c(C)c1. The lowest BCUT2D eigenvalue weighted by Gasteiger charge is -2.10. The summed E-state index contributed by atoms with van der Waals surface area (Å²) in [4.78, 5) is 12.1. The van der Waals surface area contributed by atoms with Crippen LogP contribution in [0.2, 0.25) is 5.02 Å². The molecule has 0 saturated heterocycles. The van der Waals surface area contributed by atoms with Crippen LogP contribution in [0.1, 0.15) is 17.5 Å². The zero-order valence-corrected chi connectivity index (χ0v) is 16.1. The van der Waals surface area contributed by atoms with E-state index in [1.165, 1.54) is 17.3 Å². The minimum absolute atomic E-state index is 0.0580. The molecule has 0 aliphatic rings. The molecule has 26 heavy (non-hydrogen) atoms. The quantitative estimate of drug-likeness (QED) is 0.626. The van der Waals surface area contributed by atoms with Crippen LogP contribution in [0.15, 0.2) is 53.9 Å². The molecule has 0 aliphatic heterocycles. The molecule has 1 aromatic heterocycles. The van der Waals surface area contributed by atoms with Gasteiger partial charge in [-0.25, -0.2) is 0 Å².